The molecule has 3 rings (SSSR count). The van der Waals surface area contributed by atoms with Crippen LogP contribution < -0.4 is 0 Å². The number of rotatable bonds is 3. The molecule has 0 nitrogen and oxygen atoms in total. The van der Waals surface area contributed by atoms with E-state index in [4.69, 9.17) is 0 Å². The Hall–Kier alpha value is 0. The van der Waals surface area contributed by atoms with Gasteiger partial charge in [-0.15, -0.1) is 0 Å². The molecule has 0 heterocycles. The van der Waals surface area contributed by atoms with Gasteiger partial charge in [-0.25, -0.2) is 0 Å². The third kappa shape index (κ3) is 8.95. The maximum absolute atomic E-state index is 2.57. The van der Waals surface area contributed by atoms with Gasteiger partial charge in [0.1, 0.15) is 0 Å². The summed E-state index contributed by atoms with van der Waals surface area (Å²) in [6, 6.07) is 0. The van der Waals surface area contributed by atoms with Crippen LogP contribution in [0.25, 0.3) is 0 Å². The average molecular weight is 411 g/mol. The lowest BCUT2D eigenvalue weighted by Crippen LogP contribution is -2.35. The fourth-order valence-corrected chi connectivity index (χ4v) is 6.45. The van der Waals surface area contributed by atoms with Gasteiger partial charge in [0.2, 0.25) is 0 Å². The molecule has 0 saturated heterocycles. The van der Waals surface area contributed by atoms with Crippen molar-refractivity contribution < 1.29 is 0 Å². The molecule has 3 saturated carbocycles. The van der Waals surface area contributed by atoms with Crippen molar-refractivity contribution in [1.82, 2.24) is 0 Å². The van der Waals surface area contributed by atoms with Gasteiger partial charge < -0.3 is 0 Å². The van der Waals surface area contributed by atoms with Crippen LogP contribution in [0.5, 0.6) is 0 Å². The lowest BCUT2D eigenvalue weighted by molar-refractivity contribution is 0.0572. The second-order valence-corrected chi connectivity index (χ2v) is 9.47. The second kappa shape index (κ2) is 17.7. The Morgan fingerprint density at radius 2 is 1.24 bits per heavy atom. The predicted molar refractivity (Wildman–Crippen MR) is 138 cm³/mol. The van der Waals surface area contributed by atoms with Crippen LogP contribution in [0.15, 0.2) is 0 Å². The van der Waals surface area contributed by atoms with E-state index in [0.29, 0.717) is 5.41 Å². The number of hydrogen-bond acceptors (Lipinski definition) is 0. The van der Waals surface area contributed by atoms with Gasteiger partial charge in [0.25, 0.3) is 0 Å². The Kier molecular flexibility index (Phi) is 19.0. The van der Waals surface area contributed by atoms with Crippen LogP contribution in [-0.2, 0) is 0 Å². The van der Waals surface area contributed by atoms with E-state index in [1.165, 1.54) is 38.5 Å². The second-order valence-electron chi connectivity index (χ2n) is 9.47. The highest BCUT2D eigenvalue weighted by molar-refractivity contribution is 4.98. The summed E-state index contributed by atoms with van der Waals surface area (Å²) in [6.45, 7) is 26.0. The molecule has 6 atom stereocenters. The third-order valence-electron chi connectivity index (χ3n) is 8.05. The zero-order valence-corrected chi connectivity index (χ0v) is 23.0. The summed E-state index contributed by atoms with van der Waals surface area (Å²) in [6.07, 6.45) is 15.3. The maximum atomic E-state index is 2.57. The van der Waals surface area contributed by atoms with Crippen LogP contribution >= 0.6 is 0 Å². The normalized spacial score (nSPS) is 34.3. The van der Waals surface area contributed by atoms with Crippen LogP contribution in [0.2, 0.25) is 0 Å². The fraction of sp³-hybridized carbons (Fsp3) is 1.00. The molecule has 29 heavy (non-hydrogen) atoms. The summed E-state index contributed by atoms with van der Waals surface area (Å²) in [5, 5.41) is 0. The molecule has 0 aromatic rings. The van der Waals surface area contributed by atoms with Gasteiger partial charge in [-0.2, -0.15) is 0 Å². The summed E-state index contributed by atoms with van der Waals surface area (Å²) in [5.41, 5.74) is 0.603. The molecule has 3 aliphatic carbocycles. The smallest absolute Gasteiger partial charge is 0.0326 e. The Labute approximate surface area is 188 Å². The first kappa shape index (κ1) is 31.2. The molecule has 0 spiro atoms. The van der Waals surface area contributed by atoms with Crippen molar-refractivity contribution in [3.05, 3.63) is 0 Å². The van der Waals surface area contributed by atoms with E-state index in [2.05, 4.69) is 27.7 Å². The van der Waals surface area contributed by atoms with Gasteiger partial charge in [0.05, 0.1) is 0 Å². The lowest BCUT2D eigenvalue weighted by Gasteiger charge is -2.44. The van der Waals surface area contributed by atoms with Crippen LogP contribution in [0, 0.1) is 40.9 Å². The summed E-state index contributed by atoms with van der Waals surface area (Å²) in [7, 11) is 0. The van der Waals surface area contributed by atoms with Crippen molar-refractivity contribution in [1.29, 1.82) is 0 Å². The zero-order valence-electron chi connectivity index (χ0n) is 23.0. The van der Waals surface area contributed by atoms with Gasteiger partial charge in [0.15, 0.2) is 0 Å². The highest BCUT2D eigenvalue weighted by Gasteiger charge is 2.48. The first-order valence-corrected chi connectivity index (χ1v) is 14.0. The molecule has 0 aliphatic heterocycles. The molecule has 0 aromatic carbocycles. The predicted octanol–water partition coefficient (Wildman–Crippen LogP) is 10.8. The van der Waals surface area contributed by atoms with Crippen LogP contribution in [0.4, 0.5) is 0 Å². The molecule has 0 N–H and O–H groups in total. The van der Waals surface area contributed by atoms with Gasteiger partial charge >= 0.3 is 0 Å². The van der Waals surface area contributed by atoms with E-state index < -0.39 is 0 Å². The van der Waals surface area contributed by atoms with Gasteiger partial charge in [0, 0.05) is 0 Å². The number of hydrogen-bond donors (Lipinski definition) is 0. The minimum absolute atomic E-state index is 0.603. The monoisotopic (exact) mass is 410 g/mol. The van der Waals surface area contributed by atoms with Crippen molar-refractivity contribution in [2.75, 3.05) is 0 Å². The Morgan fingerprint density at radius 3 is 1.79 bits per heavy atom. The van der Waals surface area contributed by atoms with E-state index in [-0.39, 0.29) is 0 Å². The number of fused-ring (bicyclic) bond motifs is 1. The van der Waals surface area contributed by atoms with E-state index in [1.54, 1.807) is 25.7 Å². The molecule has 0 heteroatoms. The molecular formula is C29H62. The summed E-state index contributed by atoms with van der Waals surface area (Å²) in [5.74, 6) is 6.37. The molecule has 0 bridgehead atoms. The highest BCUT2D eigenvalue weighted by Crippen LogP contribution is 2.57. The third-order valence-corrected chi connectivity index (χ3v) is 8.05. The SMILES string of the molecule is CC.CC.CC.CC.CCCC1CCCCC1C1CC2CCC(C)(C)C(C)C2C1. The Balaban J connectivity index is 0. The van der Waals surface area contributed by atoms with Crippen LogP contribution in [0.1, 0.15) is 147 Å². The Bertz CT molecular complexity index is 340. The molecule has 0 amide bonds. The molecule has 6 unspecified atom stereocenters. The molecular weight excluding hydrogens is 348 g/mol. The highest BCUT2D eigenvalue weighted by atomic mass is 14.5. The van der Waals surface area contributed by atoms with Crippen molar-refractivity contribution in [3.8, 4) is 0 Å². The fourth-order valence-electron chi connectivity index (χ4n) is 6.45. The van der Waals surface area contributed by atoms with E-state index >= 15 is 0 Å². The molecule has 0 aromatic heterocycles. The summed E-state index contributed by atoms with van der Waals surface area (Å²) < 4.78 is 0. The van der Waals surface area contributed by atoms with Crippen molar-refractivity contribution in [2.45, 2.75) is 147 Å². The zero-order chi connectivity index (χ0) is 23.0. The molecule has 178 valence electrons. The lowest BCUT2D eigenvalue weighted by atomic mass is 9.61. The van der Waals surface area contributed by atoms with Crippen LogP contribution in [0.3, 0.4) is 0 Å². The van der Waals surface area contributed by atoms with Crippen LogP contribution in [-0.4, -0.2) is 0 Å². The van der Waals surface area contributed by atoms with Crippen molar-refractivity contribution >= 4 is 0 Å². The molecule has 3 aliphatic rings. The van der Waals surface area contributed by atoms with Crippen molar-refractivity contribution in [3.63, 3.8) is 0 Å². The average Bonchev–Trinajstić information content (AvgIpc) is 3.22. The Morgan fingerprint density at radius 1 is 0.690 bits per heavy atom. The minimum atomic E-state index is 0.603. The summed E-state index contributed by atoms with van der Waals surface area (Å²) in [4.78, 5) is 0. The van der Waals surface area contributed by atoms with E-state index in [9.17, 15) is 0 Å². The summed E-state index contributed by atoms with van der Waals surface area (Å²) >= 11 is 0. The first-order valence-electron chi connectivity index (χ1n) is 14.0. The van der Waals surface area contributed by atoms with Gasteiger partial charge in [-0.3, -0.25) is 0 Å². The molecule has 0 radical (unpaired) electrons. The van der Waals surface area contributed by atoms with E-state index in [0.717, 1.165) is 35.5 Å². The van der Waals surface area contributed by atoms with Gasteiger partial charge in [-0.05, 0) is 73.0 Å². The standard InChI is InChI=1S/C21H38.4C2H6/c1-5-8-16-9-6-7-10-19(16)18-13-17-11-12-21(3,4)15(2)20(17)14-18;4*1-2/h15-20H,5-14H2,1-4H3;4*1-2H3. The maximum Gasteiger partial charge on any atom is -0.0326 e. The largest absolute Gasteiger partial charge is 0.0683 e. The quantitative estimate of drug-likeness (QED) is 0.434. The van der Waals surface area contributed by atoms with Crippen molar-refractivity contribution in [2.24, 2.45) is 40.9 Å². The van der Waals surface area contributed by atoms with Gasteiger partial charge in [-0.1, -0.05) is 115 Å². The first-order chi connectivity index (χ1) is 14.0. The van der Waals surface area contributed by atoms with E-state index in [1.807, 2.05) is 55.4 Å². The molecule has 3 fully saturated rings. The topological polar surface area (TPSA) is 0 Å². The minimum Gasteiger partial charge on any atom is -0.0683 e.